The van der Waals surface area contributed by atoms with Crippen LogP contribution in [0.4, 0.5) is 0 Å². The predicted molar refractivity (Wildman–Crippen MR) is 114 cm³/mol. The van der Waals surface area contributed by atoms with Crippen LogP contribution in [0.3, 0.4) is 0 Å². The third-order valence-corrected chi connectivity index (χ3v) is 7.47. The number of hydrogen-bond donors (Lipinski definition) is 0. The van der Waals surface area contributed by atoms with Gasteiger partial charge in [0.15, 0.2) is 0 Å². The van der Waals surface area contributed by atoms with Crippen LogP contribution in [0.1, 0.15) is 22.6 Å². The first-order valence-electron chi connectivity index (χ1n) is 10.0. The summed E-state index contributed by atoms with van der Waals surface area (Å²) in [7, 11) is -3.49. The second-order valence-corrected chi connectivity index (χ2v) is 9.73. The van der Waals surface area contributed by atoms with Crippen LogP contribution in [-0.4, -0.2) is 53.9 Å². The molecule has 0 spiro atoms. The van der Waals surface area contributed by atoms with Crippen LogP contribution in [-0.2, 0) is 16.6 Å². The first-order valence-corrected chi connectivity index (χ1v) is 11.5. The largest absolute Gasteiger partial charge is 0.338 e. The summed E-state index contributed by atoms with van der Waals surface area (Å²) < 4.78 is 33.1. The number of aromatic nitrogens is 2. The smallest absolute Gasteiger partial charge is 0.243 e. The molecule has 0 aliphatic carbocycles. The highest BCUT2D eigenvalue weighted by Crippen LogP contribution is 2.23. The van der Waals surface area contributed by atoms with E-state index in [0.29, 0.717) is 49.3 Å². The van der Waals surface area contributed by atoms with Gasteiger partial charge in [0.25, 0.3) is 0 Å². The van der Waals surface area contributed by atoms with Crippen molar-refractivity contribution in [2.75, 3.05) is 26.2 Å². The fourth-order valence-corrected chi connectivity index (χ4v) is 5.31. The summed E-state index contributed by atoms with van der Waals surface area (Å²) in [5.41, 5.74) is 3.81. The van der Waals surface area contributed by atoms with Crippen molar-refractivity contribution in [3.63, 3.8) is 0 Å². The Bertz CT molecular complexity index is 1130. The van der Waals surface area contributed by atoms with E-state index < -0.39 is 10.0 Å². The maximum absolute atomic E-state index is 13.1. The second kappa shape index (κ2) is 8.29. The topological polar surface area (TPSA) is 79.5 Å². The van der Waals surface area contributed by atoms with Gasteiger partial charge in [0.2, 0.25) is 21.7 Å². The molecule has 30 heavy (non-hydrogen) atoms. The molecule has 7 nitrogen and oxygen atoms in total. The Morgan fingerprint density at radius 2 is 1.60 bits per heavy atom. The molecule has 0 saturated carbocycles. The Labute approximate surface area is 177 Å². The molecule has 0 N–H and O–H groups in total. The fourth-order valence-electron chi connectivity index (χ4n) is 3.58. The molecular formula is C22H26N4O3S. The molecule has 1 fully saturated rings. The van der Waals surface area contributed by atoms with Crippen LogP contribution in [0.15, 0.2) is 51.9 Å². The van der Waals surface area contributed by atoms with E-state index in [-0.39, 0.29) is 0 Å². The van der Waals surface area contributed by atoms with Crippen molar-refractivity contribution in [1.82, 2.24) is 19.3 Å². The molecule has 0 unspecified atom stereocenters. The summed E-state index contributed by atoms with van der Waals surface area (Å²) in [4.78, 5) is 7.03. The molecule has 1 saturated heterocycles. The van der Waals surface area contributed by atoms with Crippen molar-refractivity contribution in [3.8, 4) is 11.4 Å². The quantitative estimate of drug-likeness (QED) is 0.624. The number of benzene rings is 2. The Hall–Kier alpha value is -2.55. The van der Waals surface area contributed by atoms with E-state index in [0.717, 1.165) is 16.7 Å². The van der Waals surface area contributed by atoms with Crippen LogP contribution >= 0.6 is 0 Å². The standard InChI is InChI=1S/C22H26N4O3S/c1-16-5-8-19(9-6-16)22-23-21(29-24-22)15-25-10-12-26(13-11-25)30(27,28)20-14-17(2)4-7-18(20)3/h4-9,14H,10-13,15H2,1-3H3. The highest BCUT2D eigenvalue weighted by Gasteiger charge is 2.30. The minimum Gasteiger partial charge on any atom is -0.338 e. The van der Waals surface area contributed by atoms with Gasteiger partial charge in [-0.15, -0.1) is 0 Å². The van der Waals surface area contributed by atoms with Crippen molar-refractivity contribution in [2.45, 2.75) is 32.2 Å². The normalized spacial score (nSPS) is 16.1. The van der Waals surface area contributed by atoms with Crippen LogP contribution in [0.25, 0.3) is 11.4 Å². The Balaban J connectivity index is 1.39. The molecule has 8 heteroatoms. The summed E-state index contributed by atoms with van der Waals surface area (Å²) in [5.74, 6) is 1.11. The molecule has 0 radical (unpaired) electrons. The maximum Gasteiger partial charge on any atom is 0.243 e. The maximum atomic E-state index is 13.1. The number of sulfonamides is 1. The molecule has 1 aromatic heterocycles. The van der Waals surface area contributed by atoms with Crippen LogP contribution in [0.5, 0.6) is 0 Å². The molecule has 1 aliphatic rings. The monoisotopic (exact) mass is 426 g/mol. The summed E-state index contributed by atoms with van der Waals surface area (Å²) in [6, 6.07) is 13.5. The molecule has 158 valence electrons. The predicted octanol–water partition coefficient (Wildman–Crippen LogP) is 3.17. The average Bonchev–Trinajstić information content (AvgIpc) is 3.19. The summed E-state index contributed by atoms with van der Waals surface area (Å²) >= 11 is 0. The second-order valence-electron chi connectivity index (χ2n) is 7.83. The number of hydrogen-bond acceptors (Lipinski definition) is 6. The molecule has 0 atom stereocenters. The summed E-state index contributed by atoms with van der Waals surface area (Å²) in [5, 5.41) is 4.07. The van der Waals surface area contributed by atoms with Crippen molar-refractivity contribution in [1.29, 1.82) is 0 Å². The average molecular weight is 427 g/mol. The van der Waals surface area contributed by atoms with E-state index in [2.05, 4.69) is 15.0 Å². The first kappa shape index (κ1) is 20.7. The van der Waals surface area contributed by atoms with Gasteiger partial charge in [0.1, 0.15) is 0 Å². The van der Waals surface area contributed by atoms with E-state index in [1.54, 1.807) is 10.4 Å². The first-order chi connectivity index (χ1) is 14.3. The van der Waals surface area contributed by atoms with E-state index in [9.17, 15) is 8.42 Å². The third-order valence-electron chi connectivity index (χ3n) is 5.43. The number of rotatable bonds is 5. The van der Waals surface area contributed by atoms with Crippen molar-refractivity contribution >= 4 is 10.0 Å². The van der Waals surface area contributed by atoms with Gasteiger partial charge in [-0.25, -0.2) is 8.42 Å². The molecule has 0 bridgehead atoms. The molecule has 2 heterocycles. The molecular weight excluding hydrogens is 400 g/mol. The van der Waals surface area contributed by atoms with E-state index in [1.807, 2.05) is 57.2 Å². The van der Waals surface area contributed by atoms with Gasteiger partial charge in [0.05, 0.1) is 11.4 Å². The zero-order chi connectivity index (χ0) is 21.3. The molecule has 0 amide bonds. The lowest BCUT2D eigenvalue weighted by molar-refractivity contribution is 0.163. The summed E-state index contributed by atoms with van der Waals surface area (Å²) in [6.07, 6.45) is 0. The van der Waals surface area contributed by atoms with E-state index in [1.165, 1.54) is 5.56 Å². The van der Waals surface area contributed by atoms with Crippen LogP contribution < -0.4 is 0 Å². The van der Waals surface area contributed by atoms with E-state index >= 15 is 0 Å². The van der Waals surface area contributed by atoms with Gasteiger partial charge < -0.3 is 4.52 Å². The molecule has 1 aliphatic heterocycles. The number of nitrogens with zero attached hydrogens (tertiary/aromatic N) is 4. The molecule has 4 rings (SSSR count). The molecule has 3 aromatic rings. The lowest BCUT2D eigenvalue weighted by Gasteiger charge is -2.33. The van der Waals surface area contributed by atoms with Crippen LogP contribution in [0.2, 0.25) is 0 Å². The lowest BCUT2D eigenvalue weighted by atomic mass is 10.1. The fraction of sp³-hybridized carbons (Fsp3) is 0.364. The Kier molecular flexibility index (Phi) is 5.73. The van der Waals surface area contributed by atoms with Crippen molar-refractivity contribution < 1.29 is 12.9 Å². The zero-order valence-corrected chi connectivity index (χ0v) is 18.3. The number of piperazine rings is 1. The van der Waals surface area contributed by atoms with Crippen LogP contribution in [0, 0.1) is 20.8 Å². The number of aryl methyl sites for hydroxylation is 3. The van der Waals surface area contributed by atoms with Crippen molar-refractivity contribution in [3.05, 3.63) is 65.0 Å². The minimum atomic E-state index is -3.49. The van der Waals surface area contributed by atoms with Gasteiger partial charge in [0, 0.05) is 31.7 Å². The van der Waals surface area contributed by atoms with Gasteiger partial charge in [-0.3, -0.25) is 4.90 Å². The lowest BCUT2D eigenvalue weighted by Crippen LogP contribution is -2.48. The van der Waals surface area contributed by atoms with E-state index in [4.69, 9.17) is 4.52 Å². The SMILES string of the molecule is Cc1ccc(-c2noc(CN3CCN(S(=O)(=O)c4cc(C)ccc4C)CC3)n2)cc1. The highest BCUT2D eigenvalue weighted by atomic mass is 32.2. The highest BCUT2D eigenvalue weighted by molar-refractivity contribution is 7.89. The Morgan fingerprint density at radius 3 is 2.30 bits per heavy atom. The van der Waals surface area contributed by atoms with Gasteiger partial charge in [-0.2, -0.15) is 9.29 Å². The Morgan fingerprint density at radius 1 is 0.933 bits per heavy atom. The van der Waals surface area contributed by atoms with Gasteiger partial charge in [-0.05, 0) is 38.0 Å². The molecule has 2 aromatic carbocycles. The zero-order valence-electron chi connectivity index (χ0n) is 17.5. The summed E-state index contributed by atoms with van der Waals surface area (Å²) in [6.45, 7) is 8.40. The third kappa shape index (κ3) is 4.30. The minimum absolute atomic E-state index is 0.399. The van der Waals surface area contributed by atoms with Crippen molar-refractivity contribution in [2.24, 2.45) is 0 Å². The van der Waals surface area contributed by atoms with Gasteiger partial charge >= 0.3 is 0 Å². The van der Waals surface area contributed by atoms with Gasteiger partial charge in [-0.1, -0.05) is 47.1 Å².